The van der Waals surface area contributed by atoms with Crippen molar-refractivity contribution < 1.29 is 17.3 Å². The van der Waals surface area contributed by atoms with Gasteiger partial charge in [0.05, 0.1) is 19.6 Å². The third-order valence-corrected chi connectivity index (χ3v) is 2.34. The van der Waals surface area contributed by atoms with Gasteiger partial charge < -0.3 is 17.3 Å². The summed E-state index contributed by atoms with van der Waals surface area (Å²) < 4.78 is 0. The number of nitrogens with one attached hydrogen (secondary N) is 1. The molecule has 3 saturated heterocycles. The maximum Gasteiger partial charge on any atom is 0.0901 e. The van der Waals surface area contributed by atoms with Crippen LogP contribution in [0.3, 0.4) is 0 Å². The van der Waals surface area contributed by atoms with Crippen molar-refractivity contribution in [3.8, 4) is 0 Å². The summed E-state index contributed by atoms with van der Waals surface area (Å²) in [5.74, 6) is 0. The van der Waals surface area contributed by atoms with Gasteiger partial charge in [0.2, 0.25) is 0 Å². The molecule has 0 unspecified atom stereocenters. The summed E-state index contributed by atoms with van der Waals surface area (Å²) in [6.45, 7) is 8.28. The molecule has 0 aromatic carbocycles. The Hall–Kier alpha value is 0.210. The minimum Gasteiger partial charge on any atom is -1.00 e. The van der Waals surface area contributed by atoms with E-state index in [2.05, 4.69) is 4.90 Å². The van der Waals surface area contributed by atoms with Crippen LogP contribution in [0, 0.1) is 0 Å². The average Bonchev–Trinajstić information content (AvgIpc) is 1.92. The van der Waals surface area contributed by atoms with E-state index in [-0.39, 0.29) is 12.4 Å². The number of rotatable bonds is 0. The van der Waals surface area contributed by atoms with Crippen molar-refractivity contribution in [2.75, 3.05) is 39.3 Å². The van der Waals surface area contributed by atoms with Gasteiger partial charge in [0, 0.05) is 19.6 Å². The highest BCUT2D eigenvalue weighted by Crippen LogP contribution is 1.91. The molecule has 54 valence electrons. The van der Waals surface area contributed by atoms with Gasteiger partial charge in [-0.25, -0.2) is 0 Å². The van der Waals surface area contributed by atoms with Gasteiger partial charge >= 0.3 is 0 Å². The molecule has 3 aliphatic heterocycles. The van der Waals surface area contributed by atoms with E-state index >= 15 is 0 Å². The lowest BCUT2D eigenvalue weighted by molar-refractivity contribution is -0.914. The summed E-state index contributed by atoms with van der Waals surface area (Å²) in [5.41, 5.74) is 0. The molecule has 2 bridgehead atoms. The Morgan fingerprint density at radius 2 is 1.33 bits per heavy atom. The van der Waals surface area contributed by atoms with Gasteiger partial charge in [-0.05, 0) is 0 Å². The minimum absolute atomic E-state index is 0. The van der Waals surface area contributed by atoms with Crippen LogP contribution in [0.2, 0.25) is 0 Å². The molecule has 0 aromatic rings. The number of nitrogens with zero attached hydrogens (tertiary/aromatic N) is 1. The molecule has 0 radical (unpaired) electrons. The third kappa shape index (κ3) is 1.37. The normalized spacial score (nSPS) is 40.0. The van der Waals surface area contributed by atoms with Crippen LogP contribution in [0.4, 0.5) is 0 Å². The maximum absolute atomic E-state index is 2.56. The van der Waals surface area contributed by atoms with E-state index in [9.17, 15) is 0 Å². The first-order valence-electron chi connectivity index (χ1n) is 3.51. The molecule has 9 heavy (non-hydrogen) atoms. The first kappa shape index (κ1) is 7.32. The largest absolute Gasteiger partial charge is 1.00 e. The Kier molecular flexibility index (Phi) is 2.33. The molecule has 3 heteroatoms. The van der Waals surface area contributed by atoms with Crippen molar-refractivity contribution in [3.05, 3.63) is 0 Å². The number of fused-ring (bicyclic) bond motifs is 3. The Morgan fingerprint density at radius 1 is 0.889 bits per heavy atom. The van der Waals surface area contributed by atoms with Crippen molar-refractivity contribution in [2.24, 2.45) is 0 Å². The highest BCUT2D eigenvalue weighted by atomic mass is 35.5. The van der Waals surface area contributed by atoms with E-state index in [1.54, 1.807) is 0 Å². The van der Waals surface area contributed by atoms with Crippen molar-refractivity contribution in [1.29, 1.82) is 0 Å². The average molecular weight is 149 g/mol. The van der Waals surface area contributed by atoms with Gasteiger partial charge in [-0.2, -0.15) is 0 Å². The second-order valence-electron chi connectivity index (χ2n) is 2.84. The number of hydrogen-bond donors (Lipinski definition) is 1. The van der Waals surface area contributed by atoms with E-state index in [4.69, 9.17) is 0 Å². The monoisotopic (exact) mass is 148 g/mol. The van der Waals surface area contributed by atoms with Gasteiger partial charge in [0.15, 0.2) is 0 Å². The Balaban J connectivity index is 0.000000405. The molecule has 0 amide bonds. The van der Waals surface area contributed by atoms with E-state index in [1.807, 2.05) is 4.90 Å². The fourth-order valence-corrected chi connectivity index (χ4v) is 1.66. The summed E-state index contributed by atoms with van der Waals surface area (Å²) >= 11 is 0. The summed E-state index contributed by atoms with van der Waals surface area (Å²) in [5, 5.41) is 0. The van der Waals surface area contributed by atoms with Gasteiger partial charge in [0.25, 0.3) is 0 Å². The van der Waals surface area contributed by atoms with Crippen LogP contribution in [0.5, 0.6) is 0 Å². The lowest BCUT2D eigenvalue weighted by Crippen LogP contribution is -3.17. The Labute approximate surface area is 62.2 Å². The molecule has 3 heterocycles. The number of halogens is 1. The third-order valence-electron chi connectivity index (χ3n) is 2.34. The second kappa shape index (κ2) is 2.86. The highest BCUT2D eigenvalue weighted by Gasteiger charge is 2.25. The number of hydrogen-bond acceptors (Lipinski definition) is 1. The predicted octanol–water partition coefficient (Wildman–Crippen LogP) is -4.80. The molecule has 3 fully saturated rings. The molecule has 0 aromatic heterocycles. The molecule has 0 aliphatic carbocycles. The summed E-state index contributed by atoms with van der Waals surface area (Å²) in [6.07, 6.45) is 0. The molecule has 1 N–H and O–H groups in total. The SMILES string of the molecule is C1C[NH+]2CCN1CC2.[Cl-]. The van der Waals surface area contributed by atoms with Gasteiger partial charge in [0.1, 0.15) is 0 Å². The minimum atomic E-state index is 0. The van der Waals surface area contributed by atoms with Crippen LogP contribution in [0.1, 0.15) is 0 Å². The quantitative estimate of drug-likeness (QED) is 0.363. The fraction of sp³-hybridized carbons (Fsp3) is 1.00. The van der Waals surface area contributed by atoms with Crippen molar-refractivity contribution in [2.45, 2.75) is 0 Å². The number of quaternary nitrogens is 1. The highest BCUT2D eigenvalue weighted by molar-refractivity contribution is 4.64. The first-order chi connectivity index (χ1) is 3.95. The molecular formula is C6H13ClN2. The smallest absolute Gasteiger partial charge is 0.0901 e. The summed E-state index contributed by atoms with van der Waals surface area (Å²) in [6, 6.07) is 0. The lowest BCUT2D eigenvalue weighted by Gasteiger charge is -2.38. The van der Waals surface area contributed by atoms with Crippen LogP contribution in [0.15, 0.2) is 0 Å². The molecule has 0 spiro atoms. The van der Waals surface area contributed by atoms with Crippen LogP contribution < -0.4 is 17.3 Å². The number of piperazine rings is 3. The van der Waals surface area contributed by atoms with Crippen LogP contribution in [-0.2, 0) is 0 Å². The molecule has 0 atom stereocenters. The van der Waals surface area contributed by atoms with E-state index < -0.39 is 0 Å². The molecule has 0 saturated carbocycles. The van der Waals surface area contributed by atoms with E-state index in [1.165, 1.54) is 39.3 Å². The van der Waals surface area contributed by atoms with Crippen molar-refractivity contribution in [1.82, 2.24) is 4.90 Å². The van der Waals surface area contributed by atoms with Crippen LogP contribution in [-0.4, -0.2) is 44.2 Å². The van der Waals surface area contributed by atoms with Crippen molar-refractivity contribution >= 4 is 0 Å². The lowest BCUT2D eigenvalue weighted by atomic mass is 10.2. The topological polar surface area (TPSA) is 7.68 Å². The zero-order valence-electron chi connectivity index (χ0n) is 5.57. The molecule has 3 rings (SSSR count). The van der Waals surface area contributed by atoms with E-state index in [0.717, 1.165) is 0 Å². The maximum atomic E-state index is 2.56. The predicted molar refractivity (Wildman–Crippen MR) is 32.0 cm³/mol. The zero-order valence-corrected chi connectivity index (χ0v) is 6.32. The molecule has 3 aliphatic rings. The summed E-state index contributed by atoms with van der Waals surface area (Å²) in [7, 11) is 0. The Morgan fingerprint density at radius 3 is 1.44 bits per heavy atom. The fourth-order valence-electron chi connectivity index (χ4n) is 1.66. The standard InChI is InChI=1S/C6H12N2.ClH/c1-2-8-5-3-7(1)4-6-8;/h1-6H2;1H. The molecular weight excluding hydrogens is 136 g/mol. The van der Waals surface area contributed by atoms with E-state index in [0.29, 0.717) is 0 Å². The van der Waals surface area contributed by atoms with Gasteiger partial charge in [-0.3, -0.25) is 4.90 Å². The Bertz CT molecular complexity index is 66.0. The molecule has 2 nitrogen and oxygen atoms in total. The van der Waals surface area contributed by atoms with Crippen LogP contribution >= 0.6 is 0 Å². The van der Waals surface area contributed by atoms with Crippen molar-refractivity contribution in [3.63, 3.8) is 0 Å². The van der Waals surface area contributed by atoms with Gasteiger partial charge in [-0.15, -0.1) is 0 Å². The second-order valence-corrected chi connectivity index (χ2v) is 2.84. The van der Waals surface area contributed by atoms with Gasteiger partial charge in [-0.1, -0.05) is 0 Å². The van der Waals surface area contributed by atoms with Crippen LogP contribution in [0.25, 0.3) is 0 Å². The zero-order chi connectivity index (χ0) is 5.40. The summed E-state index contributed by atoms with van der Waals surface area (Å²) in [4.78, 5) is 4.39. The first-order valence-corrected chi connectivity index (χ1v) is 3.51.